The molecule has 0 aliphatic carbocycles. The van der Waals surface area contributed by atoms with E-state index in [0.29, 0.717) is 28.3 Å². The SMILES string of the molecule is CN1CCC(Nc2nc(-c3nccc4c(=O)[nH]c(COc5cc(F)cc(F)c5)nc34)cs2)CC1. The van der Waals surface area contributed by atoms with E-state index >= 15 is 0 Å². The summed E-state index contributed by atoms with van der Waals surface area (Å²) in [6.45, 7) is 1.91. The Balaban J connectivity index is 1.40. The number of ether oxygens (including phenoxy) is 1. The van der Waals surface area contributed by atoms with Crippen molar-refractivity contribution in [1.29, 1.82) is 0 Å². The zero-order chi connectivity index (χ0) is 23.7. The Labute approximate surface area is 197 Å². The highest BCUT2D eigenvalue weighted by Gasteiger charge is 2.19. The quantitative estimate of drug-likeness (QED) is 0.430. The molecule has 5 rings (SSSR count). The van der Waals surface area contributed by atoms with Crippen molar-refractivity contribution in [2.75, 3.05) is 25.5 Å². The second-order valence-electron chi connectivity index (χ2n) is 8.22. The number of hydrogen-bond donors (Lipinski definition) is 2. The van der Waals surface area contributed by atoms with Crippen LogP contribution in [0.3, 0.4) is 0 Å². The van der Waals surface area contributed by atoms with Crippen molar-refractivity contribution >= 4 is 27.4 Å². The number of nitrogens with one attached hydrogen (secondary N) is 2. The van der Waals surface area contributed by atoms with Crippen molar-refractivity contribution in [3.8, 4) is 17.1 Å². The summed E-state index contributed by atoms with van der Waals surface area (Å²) in [6.07, 6.45) is 3.64. The Morgan fingerprint density at radius 2 is 1.97 bits per heavy atom. The number of pyridine rings is 1. The third kappa shape index (κ3) is 4.90. The van der Waals surface area contributed by atoms with Crippen LogP contribution in [0.2, 0.25) is 0 Å². The van der Waals surface area contributed by atoms with Crippen LogP contribution in [0.15, 0.2) is 40.6 Å². The average Bonchev–Trinajstić information content (AvgIpc) is 3.26. The normalized spacial score (nSPS) is 15.0. The van der Waals surface area contributed by atoms with Crippen molar-refractivity contribution in [2.45, 2.75) is 25.5 Å². The van der Waals surface area contributed by atoms with Gasteiger partial charge in [-0.2, -0.15) is 0 Å². The Morgan fingerprint density at radius 3 is 2.74 bits per heavy atom. The van der Waals surface area contributed by atoms with Crippen LogP contribution in [0.4, 0.5) is 13.9 Å². The van der Waals surface area contributed by atoms with Crippen LogP contribution in [0.25, 0.3) is 22.3 Å². The number of nitrogens with zero attached hydrogens (tertiary/aromatic N) is 4. The Morgan fingerprint density at radius 1 is 1.21 bits per heavy atom. The molecule has 0 unspecified atom stereocenters. The molecule has 0 amide bonds. The summed E-state index contributed by atoms with van der Waals surface area (Å²) in [4.78, 5) is 31.2. The van der Waals surface area contributed by atoms with E-state index in [2.05, 4.69) is 37.2 Å². The average molecular weight is 485 g/mol. The first-order valence-electron chi connectivity index (χ1n) is 10.8. The van der Waals surface area contributed by atoms with Gasteiger partial charge >= 0.3 is 0 Å². The maximum atomic E-state index is 13.4. The molecule has 3 aromatic heterocycles. The molecular weight excluding hydrogens is 462 g/mol. The van der Waals surface area contributed by atoms with E-state index < -0.39 is 11.6 Å². The summed E-state index contributed by atoms with van der Waals surface area (Å²) in [5, 5.41) is 6.54. The minimum atomic E-state index is -0.755. The molecule has 8 nitrogen and oxygen atoms in total. The lowest BCUT2D eigenvalue weighted by Crippen LogP contribution is -2.36. The van der Waals surface area contributed by atoms with E-state index in [1.807, 2.05) is 5.38 Å². The maximum absolute atomic E-state index is 13.4. The van der Waals surface area contributed by atoms with Gasteiger partial charge in [-0.05, 0) is 39.0 Å². The molecule has 0 atom stereocenters. The number of H-pyrrole nitrogens is 1. The maximum Gasteiger partial charge on any atom is 0.258 e. The first-order chi connectivity index (χ1) is 16.4. The van der Waals surface area contributed by atoms with Crippen molar-refractivity contribution in [1.82, 2.24) is 24.8 Å². The number of thiazole rings is 1. The van der Waals surface area contributed by atoms with Crippen LogP contribution in [0, 0.1) is 11.6 Å². The monoisotopic (exact) mass is 484 g/mol. The molecule has 34 heavy (non-hydrogen) atoms. The predicted octanol–water partition coefficient (Wildman–Crippen LogP) is 3.80. The molecule has 1 aliphatic rings. The van der Waals surface area contributed by atoms with Gasteiger partial charge in [0.15, 0.2) is 5.13 Å². The second-order valence-corrected chi connectivity index (χ2v) is 9.08. The molecular formula is C23H22F2N6O2S. The van der Waals surface area contributed by atoms with E-state index in [1.54, 1.807) is 12.3 Å². The van der Waals surface area contributed by atoms with Gasteiger partial charge in [0.1, 0.15) is 46.7 Å². The van der Waals surface area contributed by atoms with Gasteiger partial charge in [0.25, 0.3) is 5.56 Å². The molecule has 0 radical (unpaired) electrons. The predicted molar refractivity (Wildman–Crippen MR) is 126 cm³/mol. The standard InChI is InChI=1S/C23H22F2N6O2S/c1-31-6-3-15(4-7-31)27-23-28-18(12-34-23)21-20-17(2-5-26-21)22(32)30-19(29-20)11-33-16-9-13(24)8-14(25)10-16/h2,5,8-10,12,15H,3-4,6-7,11H2,1H3,(H,27,28)(H,29,30,32). The van der Waals surface area contributed by atoms with Gasteiger partial charge in [0, 0.05) is 35.8 Å². The summed E-state index contributed by atoms with van der Waals surface area (Å²) in [7, 11) is 2.12. The number of likely N-dealkylation sites (tertiary alicyclic amines) is 1. The number of hydrogen-bond acceptors (Lipinski definition) is 8. The molecule has 4 heterocycles. The molecule has 11 heteroatoms. The Hall–Kier alpha value is -3.44. The summed E-state index contributed by atoms with van der Waals surface area (Å²) < 4.78 is 32.3. The molecule has 4 aromatic rings. The number of anilines is 1. The lowest BCUT2D eigenvalue weighted by molar-refractivity contribution is 0.264. The van der Waals surface area contributed by atoms with Gasteiger partial charge in [-0.15, -0.1) is 11.3 Å². The minimum Gasteiger partial charge on any atom is -0.485 e. The number of piperidine rings is 1. The third-order valence-corrected chi connectivity index (χ3v) is 6.45. The molecule has 1 aromatic carbocycles. The lowest BCUT2D eigenvalue weighted by Gasteiger charge is -2.29. The van der Waals surface area contributed by atoms with Crippen molar-refractivity contribution < 1.29 is 13.5 Å². The largest absolute Gasteiger partial charge is 0.485 e. The number of benzene rings is 1. The second kappa shape index (κ2) is 9.43. The van der Waals surface area contributed by atoms with Crippen LogP contribution in [-0.2, 0) is 6.61 Å². The third-order valence-electron chi connectivity index (χ3n) is 5.68. The topological polar surface area (TPSA) is 96.0 Å². The van der Waals surface area contributed by atoms with Gasteiger partial charge in [-0.3, -0.25) is 9.78 Å². The molecule has 0 spiro atoms. The number of aromatic nitrogens is 4. The molecule has 1 saturated heterocycles. The zero-order valence-corrected chi connectivity index (χ0v) is 19.2. The van der Waals surface area contributed by atoms with E-state index in [9.17, 15) is 13.6 Å². The van der Waals surface area contributed by atoms with E-state index in [4.69, 9.17) is 4.74 Å². The Kier molecular flexibility index (Phi) is 6.20. The van der Waals surface area contributed by atoms with Gasteiger partial charge in [-0.1, -0.05) is 0 Å². The zero-order valence-electron chi connectivity index (χ0n) is 18.3. The van der Waals surface area contributed by atoms with Crippen LogP contribution in [0.5, 0.6) is 5.75 Å². The van der Waals surface area contributed by atoms with E-state index in [0.717, 1.165) is 49.3 Å². The van der Waals surface area contributed by atoms with Crippen molar-refractivity contribution in [2.24, 2.45) is 0 Å². The van der Waals surface area contributed by atoms with Gasteiger partial charge < -0.3 is 19.9 Å². The highest BCUT2D eigenvalue weighted by molar-refractivity contribution is 7.14. The van der Waals surface area contributed by atoms with Gasteiger partial charge in [0.2, 0.25) is 0 Å². The van der Waals surface area contributed by atoms with Crippen LogP contribution in [0.1, 0.15) is 18.7 Å². The number of aromatic amines is 1. The van der Waals surface area contributed by atoms with Gasteiger partial charge in [0.05, 0.1) is 5.39 Å². The number of rotatable bonds is 6. The summed E-state index contributed by atoms with van der Waals surface area (Å²) in [5.41, 5.74) is 1.11. The van der Waals surface area contributed by atoms with E-state index in [1.165, 1.54) is 11.3 Å². The van der Waals surface area contributed by atoms with Crippen molar-refractivity contribution in [3.05, 3.63) is 63.7 Å². The fraction of sp³-hybridized carbons (Fsp3) is 0.304. The smallest absolute Gasteiger partial charge is 0.258 e. The first-order valence-corrected chi connectivity index (χ1v) is 11.7. The van der Waals surface area contributed by atoms with E-state index in [-0.39, 0.29) is 23.7 Å². The van der Waals surface area contributed by atoms with Crippen LogP contribution >= 0.6 is 11.3 Å². The van der Waals surface area contributed by atoms with Crippen molar-refractivity contribution in [3.63, 3.8) is 0 Å². The van der Waals surface area contributed by atoms with Gasteiger partial charge in [-0.25, -0.2) is 18.7 Å². The molecule has 0 saturated carbocycles. The highest BCUT2D eigenvalue weighted by atomic mass is 32.1. The number of halogens is 2. The molecule has 176 valence electrons. The summed E-state index contributed by atoms with van der Waals surface area (Å²) in [6, 6.07) is 4.83. The lowest BCUT2D eigenvalue weighted by atomic mass is 10.1. The van der Waals surface area contributed by atoms with Crippen LogP contribution in [-0.4, -0.2) is 51.0 Å². The Bertz CT molecular complexity index is 1360. The molecule has 1 aliphatic heterocycles. The highest BCUT2D eigenvalue weighted by Crippen LogP contribution is 2.28. The molecule has 2 N–H and O–H groups in total. The summed E-state index contributed by atoms with van der Waals surface area (Å²) >= 11 is 1.48. The summed E-state index contributed by atoms with van der Waals surface area (Å²) in [5.74, 6) is -1.31. The fourth-order valence-corrected chi connectivity index (χ4v) is 4.68. The fourth-order valence-electron chi connectivity index (χ4n) is 3.91. The number of fused-ring (bicyclic) bond motifs is 1. The first kappa shape index (κ1) is 22.4. The molecule has 0 bridgehead atoms. The molecule has 1 fully saturated rings. The van der Waals surface area contributed by atoms with Crippen LogP contribution < -0.4 is 15.6 Å². The minimum absolute atomic E-state index is 0.00391.